The molecule has 98 valence electrons. The number of hydrogen-bond donors (Lipinski definition) is 2. The Labute approximate surface area is 106 Å². The lowest BCUT2D eigenvalue weighted by molar-refractivity contribution is 0.0968. The van der Waals surface area contributed by atoms with Gasteiger partial charge in [-0.15, -0.1) is 0 Å². The summed E-state index contributed by atoms with van der Waals surface area (Å²) in [5, 5.41) is 9.73. The second-order valence-electron chi connectivity index (χ2n) is 5.54. The van der Waals surface area contributed by atoms with Crippen molar-refractivity contribution in [3.8, 4) is 0 Å². The Kier molecular flexibility index (Phi) is 2.86. The molecular weight excluding hydrogens is 230 g/mol. The predicted molar refractivity (Wildman–Crippen MR) is 68.8 cm³/mol. The van der Waals surface area contributed by atoms with Crippen LogP contribution < -0.4 is 10.5 Å². The number of piperidine rings is 1. The normalized spacial score (nSPS) is 28.4. The van der Waals surface area contributed by atoms with Crippen molar-refractivity contribution in [3.63, 3.8) is 0 Å². The molecule has 1 aromatic heterocycles. The van der Waals surface area contributed by atoms with Crippen LogP contribution in [0.5, 0.6) is 0 Å². The highest BCUT2D eigenvalue weighted by Gasteiger charge is 2.29. The molecule has 0 amide bonds. The molecule has 1 aliphatic heterocycles. The zero-order chi connectivity index (χ0) is 12.7. The Morgan fingerprint density at radius 2 is 2.22 bits per heavy atom. The first kappa shape index (κ1) is 11.7. The van der Waals surface area contributed by atoms with Crippen LogP contribution >= 0.6 is 0 Å². The third kappa shape index (κ3) is 2.27. The molecule has 3 rings (SSSR count). The maximum absolute atomic E-state index is 11.7. The van der Waals surface area contributed by atoms with Crippen LogP contribution in [0, 0.1) is 5.92 Å². The van der Waals surface area contributed by atoms with Crippen LogP contribution in [-0.2, 0) is 0 Å². The van der Waals surface area contributed by atoms with Crippen molar-refractivity contribution in [1.82, 2.24) is 9.97 Å². The molecule has 0 aromatic carbocycles. The number of anilines is 1. The number of aliphatic hydroxyl groups is 1. The fraction of sp³-hybridized carbons (Fsp3) is 0.692. The van der Waals surface area contributed by atoms with Crippen LogP contribution in [-0.4, -0.2) is 34.3 Å². The van der Waals surface area contributed by atoms with Gasteiger partial charge in [0.05, 0.1) is 6.10 Å². The van der Waals surface area contributed by atoms with Crippen molar-refractivity contribution in [2.24, 2.45) is 5.92 Å². The van der Waals surface area contributed by atoms with E-state index in [0.717, 1.165) is 44.0 Å². The Bertz CT molecular complexity index is 495. The van der Waals surface area contributed by atoms with Gasteiger partial charge in [0, 0.05) is 25.1 Å². The zero-order valence-electron chi connectivity index (χ0n) is 10.6. The van der Waals surface area contributed by atoms with Gasteiger partial charge in [0.25, 0.3) is 5.56 Å². The van der Waals surface area contributed by atoms with E-state index in [1.165, 1.54) is 0 Å². The van der Waals surface area contributed by atoms with E-state index in [0.29, 0.717) is 5.92 Å². The van der Waals surface area contributed by atoms with Gasteiger partial charge >= 0.3 is 0 Å². The van der Waals surface area contributed by atoms with Crippen LogP contribution in [0.25, 0.3) is 0 Å². The van der Waals surface area contributed by atoms with E-state index in [1.807, 2.05) is 6.92 Å². The summed E-state index contributed by atoms with van der Waals surface area (Å²) in [6, 6.07) is 1.57. The van der Waals surface area contributed by atoms with Gasteiger partial charge < -0.3 is 15.0 Å². The molecule has 0 radical (unpaired) electrons. The van der Waals surface area contributed by atoms with Crippen LogP contribution in [0.4, 0.5) is 5.82 Å². The number of aliphatic hydroxyl groups excluding tert-OH is 1. The highest BCUT2D eigenvalue weighted by atomic mass is 16.3. The number of nitrogens with zero attached hydrogens (tertiary/aromatic N) is 2. The summed E-state index contributed by atoms with van der Waals surface area (Å²) in [6.07, 6.45) is 2.77. The molecule has 2 fully saturated rings. The molecule has 5 heteroatoms. The van der Waals surface area contributed by atoms with E-state index in [-0.39, 0.29) is 17.6 Å². The molecule has 2 atom stereocenters. The number of nitrogens with one attached hydrogen (secondary N) is 1. The molecule has 2 N–H and O–H groups in total. The van der Waals surface area contributed by atoms with Crippen LogP contribution in [0.2, 0.25) is 0 Å². The van der Waals surface area contributed by atoms with Crippen molar-refractivity contribution in [2.75, 3.05) is 18.0 Å². The molecule has 0 spiro atoms. The lowest BCUT2D eigenvalue weighted by Crippen LogP contribution is -2.42. The molecule has 2 aliphatic rings. The number of aromatic amines is 1. The summed E-state index contributed by atoms with van der Waals surface area (Å²) in [5.74, 6) is 2.27. The monoisotopic (exact) mass is 249 g/mol. The predicted octanol–water partition coefficient (Wildman–Crippen LogP) is 0.854. The molecule has 5 nitrogen and oxygen atoms in total. The maximum Gasteiger partial charge on any atom is 0.252 e. The molecule has 1 saturated heterocycles. The van der Waals surface area contributed by atoms with Crippen LogP contribution in [0.3, 0.4) is 0 Å². The largest absolute Gasteiger partial charge is 0.393 e. The summed E-state index contributed by atoms with van der Waals surface area (Å²) in [7, 11) is 0. The van der Waals surface area contributed by atoms with E-state index in [4.69, 9.17) is 0 Å². The number of aromatic nitrogens is 2. The molecule has 2 heterocycles. The fourth-order valence-electron chi connectivity index (χ4n) is 2.52. The first-order valence-corrected chi connectivity index (χ1v) is 6.68. The smallest absolute Gasteiger partial charge is 0.252 e. The topological polar surface area (TPSA) is 69.2 Å². The van der Waals surface area contributed by atoms with Gasteiger partial charge in [0.2, 0.25) is 0 Å². The first-order valence-electron chi connectivity index (χ1n) is 6.68. The lowest BCUT2D eigenvalue weighted by Gasteiger charge is -2.35. The molecule has 1 aliphatic carbocycles. The van der Waals surface area contributed by atoms with Gasteiger partial charge in [-0.1, -0.05) is 6.92 Å². The Morgan fingerprint density at radius 1 is 1.44 bits per heavy atom. The Morgan fingerprint density at radius 3 is 2.89 bits per heavy atom. The molecule has 2 unspecified atom stereocenters. The van der Waals surface area contributed by atoms with Gasteiger partial charge in [-0.05, 0) is 25.2 Å². The SMILES string of the molecule is CC1CN(c2cc(=O)[nH]c(C3CC3)n2)CCC1O. The second kappa shape index (κ2) is 4.39. The average molecular weight is 249 g/mol. The third-order valence-corrected chi connectivity index (χ3v) is 3.89. The molecule has 18 heavy (non-hydrogen) atoms. The van der Waals surface area contributed by atoms with E-state index >= 15 is 0 Å². The Hall–Kier alpha value is -1.36. The van der Waals surface area contributed by atoms with Crippen molar-refractivity contribution in [1.29, 1.82) is 0 Å². The van der Waals surface area contributed by atoms with E-state index < -0.39 is 0 Å². The summed E-state index contributed by atoms with van der Waals surface area (Å²) < 4.78 is 0. The fourth-order valence-corrected chi connectivity index (χ4v) is 2.52. The minimum Gasteiger partial charge on any atom is -0.393 e. The maximum atomic E-state index is 11.7. The van der Waals surface area contributed by atoms with E-state index in [2.05, 4.69) is 14.9 Å². The summed E-state index contributed by atoms with van der Waals surface area (Å²) >= 11 is 0. The lowest BCUT2D eigenvalue weighted by atomic mass is 9.97. The number of rotatable bonds is 2. The number of hydrogen-bond acceptors (Lipinski definition) is 4. The first-order chi connectivity index (χ1) is 8.63. The standard InChI is InChI=1S/C13H19N3O2/c1-8-7-16(5-4-10(8)17)11-6-12(18)15-13(14-11)9-2-3-9/h6,8-10,17H,2-5,7H2,1H3,(H,14,15,18). The highest BCUT2D eigenvalue weighted by Crippen LogP contribution is 2.38. The summed E-state index contributed by atoms with van der Waals surface area (Å²) in [5.41, 5.74) is -0.0688. The Balaban J connectivity index is 1.85. The van der Waals surface area contributed by atoms with Gasteiger partial charge in [0.15, 0.2) is 0 Å². The van der Waals surface area contributed by atoms with Crippen molar-refractivity contribution >= 4 is 5.82 Å². The molecule has 1 aromatic rings. The van der Waals surface area contributed by atoms with Gasteiger partial charge in [-0.3, -0.25) is 4.79 Å². The van der Waals surface area contributed by atoms with Crippen molar-refractivity contribution < 1.29 is 5.11 Å². The van der Waals surface area contributed by atoms with E-state index in [1.54, 1.807) is 6.07 Å². The van der Waals surface area contributed by atoms with Crippen LogP contribution in [0.15, 0.2) is 10.9 Å². The summed E-state index contributed by atoms with van der Waals surface area (Å²) in [4.78, 5) is 21.2. The molecule has 0 bridgehead atoms. The number of H-pyrrole nitrogens is 1. The second-order valence-corrected chi connectivity index (χ2v) is 5.54. The van der Waals surface area contributed by atoms with E-state index in [9.17, 15) is 9.90 Å². The minimum absolute atomic E-state index is 0.0688. The van der Waals surface area contributed by atoms with Crippen molar-refractivity contribution in [3.05, 3.63) is 22.2 Å². The zero-order valence-corrected chi connectivity index (χ0v) is 10.6. The van der Waals surface area contributed by atoms with Gasteiger partial charge in [0.1, 0.15) is 11.6 Å². The average Bonchev–Trinajstić information content (AvgIpc) is 3.16. The highest BCUT2D eigenvalue weighted by molar-refractivity contribution is 5.39. The van der Waals surface area contributed by atoms with Gasteiger partial charge in [-0.25, -0.2) is 4.98 Å². The van der Waals surface area contributed by atoms with Gasteiger partial charge in [-0.2, -0.15) is 0 Å². The van der Waals surface area contributed by atoms with Crippen molar-refractivity contribution in [2.45, 2.75) is 38.2 Å². The molecular formula is C13H19N3O2. The minimum atomic E-state index is -0.230. The quantitative estimate of drug-likeness (QED) is 0.815. The molecule has 1 saturated carbocycles. The van der Waals surface area contributed by atoms with Crippen LogP contribution in [0.1, 0.15) is 37.9 Å². The summed E-state index contributed by atoms with van der Waals surface area (Å²) in [6.45, 7) is 3.57. The third-order valence-electron chi connectivity index (χ3n) is 3.89.